The van der Waals surface area contributed by atoms with Gasteiger partial charge < -0.3 is 11.1 Å². The van der Waals surface area contributed by atoms with E-state index in [9.17, 15) is 4.79 Å². The summed E-state index contributed by atoms with van der Waals surface area (Å²) in [6.45, 7) is 13.1. The van der Waals surface area contributed by atoms with Gasteiger partial charge in [-0.15, -0.1) is 24.8 Å². The molecule has 146 valence electrons. The molecule has 6 heteroatoms. The number of halogens is 2. The Bertz CT molecular complexity index is 477. The van der Waals surface area contributed by atoms with E-state index in [0.717, 1.165) is 25.1 Å². The molecular weight excluding hydrogens is 357 g/mol. The molecule has 0 heterocycles. The van der Waals surface area contributed by atoms with Gasteiger partial charge in [-0.2, -0.15) is 0 Å². The van der Waals surface area contributed by atoms with E-state index in [1.54, 1.807) is 6.92 Å². The first kappa shape index (κ1) is 26.4. The lowest BCUT2D eigenvalue weighted by molar-refractivity contribution is -0.126. The number of hydrogen-bond donors (Lipinski definition) is 2. The Morgan fingerprint density at radius 3 is 2.12 bits per heavy atom. The van der Waals surface area contributed by atoms with E-state index in [1.165, 1.54) is 0 Å². The van der Waals surface area contributed by atoms with Crippen LogP contribution in [0.15, 0.2) is 30.3 Å². The van der Waals surface area contributed by atoms with Crippen molar-refractivity contribution in [3.8, 4) is 0 Å². The van der Waals surface area contributed by atoms with Crippen LogP contribution < -0.4 is 11.1 Å². The molecule has 1 rings (SSSR count). The topological polar surface area (TPSA) is 58.4 Å². The van der Waals surface area contributed by atoms with Gasteiger partial charge in [-0.05, 0) is 37.9 Å². The van der Waals surface area contributed by atoms with Crippen LogP contribution in [-0.4, -0.2) is 36.5 Å². The number of nitrogens with one attached hydrogen (secondary N) is 1. The molecule has 3 N–H and O–H groups in total. The van der Waals surface area contributed by atoms with Gasteiger partial charge in [0.2, 0.25) is 5.91 Å². The van der Waals surface area contributed by atoms with Crippen molar-refractivity contribution in [2.24, 2.45) is 11.7 Å². The normalized spacial score (nSPS) is 14.2. The minimum absolute atomic E-state index is 0. The van der Waals surface area contributed by atoms with Crippen molar-refractivity contribution in [3.05, 3.63) is 35.9 Å². The first-order valence-electron chi connectivity index (χ1n) is 8.69. The number of likely N-dealkylation sites (N-methyl/N-ethyl adjacent to an activating group) is 1. The highest BCUT2D eigenvalue weighted by Crippen LogP contribution is 2.18. The Hall–Kier alpha value is -0.810. The van der Waals surface area contributed by atoms with Crippen LogP contribution in [0.3, 0.4) is 0 Å². The maximum Gasteiger partial charge on any atom is 0.244 e. The Morgan fingerprint density at radius 2 is 1.68 bits per heavy atom. The Kier molecular flexibility index (Phi) is 13.2. The molecule has 0 bridgehead atoms. The summed E-state index contributed by atoms with van der Waals surface area (Å²) in [4.78, 5) is 15.0. The van der Waals surface area contributed by atoms with Gasteiger partial charge in [-0.1, -0.05) is 58.0 Å². The molecule has 4 nitrogen and oxygen atoms in total. The van der Waals surface area contributed by atoms with Crippen LogP contribution in [-0.2, 0) is 10.3 Å². The predicted molar refractivity (Wildman–Crippen MR) is 112 cm³/mol. The molecule has 0 aliphatic rings. The van der Waals surface area contributed by atoms with Crippen molar-refractivity contribution < 1.29 is 4.79 Å². The van der Waals surface area contributed by atoms with Crippen molar-refractivity contribution in [1.29, 1.82) is 0 Å². The average molecular weight is 392 g/mol. The zero-order chi connectivity index (χ0) is 17.5. The molecule has 0 saturated carbocycles. The zero-order valence-electron chi connectivity index (χ0n) is 16.1. The number of nitrogens with zero attached hydrogens (tertiary/aromatic N) is 1. The summed E-state index contributed by atoms with van der Waals surface area (Å²) >= 11 is 0. The Labute approximate surface area is 165 Å². The van der Waals surface area contributed by atoms with E-state index in [0.29, 0.717) is 18.5 Å². The summed E-state index contributed by atoms with van der Waals surface area (Å²) in [5.41, 5.74) is 6.11. The number of carbonyl (C=O) groups excluding carboxylic acids is 1. The molecule has 0 spiro atoms. The fourth-order valence-corrected chi connectivity index (χ4v) is 2.96. The monoisotopic (exact) mass is 391 g/mol. The molecule has 0 aliphatic heterocycles. The molecule has 1 aromatic rings. The largest absolute Gasteiger partial charge is 0.353 e. The lowest BCUT2D eigenvalue weighted by Crippen LogP contribution is -2.52. The lowest BCUT2D eigenvalue weighted by Gasteiger charge is -2.32. The van der Waals surface area contributed by atoms with Crippen LogP contribution in [0, 0.1) is 5.92 Å². The maximum atomic E-state index is 12.6. The highest BCUT2D eigenvalue weighted by Gasteiger charge is 2.31. The fraction of sp³-hybridized carbons (Fsp3) is 0.632. The standard InChI is InChI=1S/C19H33N3O.2ClH/c1-6-22(7-2)17(13-15(3)4)14-21-18(23)19(5,20)16-11-9-8-10-12-16;;/h8-12,15,17H,6-7,13-14,20H2,1-5H3,(H,21,23);2*1H. The van der Waals surface area contributed by atoms with Gasteiger partial charge in [0.05, 0.1) is 0 Å². The molecule has 0 radical (unpaired) electrons. The van der Waals surface area contributed by atoms with Crippen molar-refractivity contribution in [3.63, 3.8) is 0 Å². The number of rotatable bonds is 9. The number of benzene rings is 1. The Morgan fingerprint density at radius 1 is 1.16 bits per heavy atom. The Balaban J connectivity index is 0. The summed E-state index contributed by atoms with van der Waals surface area (Å²) in [6, 6.07) is 9.89. The highest BCUT2D eigenvalue weighted by atomic mass is 35.5. The quantitative estimate of drug-likeness (QED) is 0.676. The third-order valence-electron chi connectivity index (χ3n) is 4.42. The molecule has 2 unspecified atom stereocenters. The molecule has 2 atom stereocenters. The summed E-state index contributed by atoms with van der Waals surface area (Å²) < 4.78 is 0. The molecule has 0 aliphatic carbocycles. The van der Waals surface area contributed by atoms with E-state index >= 15 is 0 Å². The van der Waals surface area contributed by atoms with E-state index in [4.69, 9.17) is 5.73 Å². The van der Waals surface area contributed by atoms with E-state index < -0.39 is 5.54 Å². The fourth-order valence-electron chi connectivity index (χ4n) is 2.96. The van der Waals surface area contributed by atoms with Crippen molar-refractivity contribution in [1.82, 2.24) is 10.2 Å². The van der Waals surface area contributed by atoms with Gasteiger partial charge in [0, 0.05) is 12.6 Å². The van der Waals surface area contributed by atoms with Crippen LogP contribution in [0.25, 0.3) is 0 Å². The van der Waals surface area contributed by atoms with Crippen molar-refractivity contribution >= 4 is 30.7 Å². The summed E-state index contributed by atoms with van der Waals surface area (Å²) in [5, 5.41) is 3.07. The van der Waals surface area contributed by atoms with Crippen molar-refractivity contribution in [2.75, 3.05) is 19.6 Å². The van der Waals surface area contributed by atoms with Gasteiger partial charge in [-0.3, -0.25) is 9.69 Å². The molecule has 25 heavy (non-hydrogen) atoms. The smallest absolute Gasteiger partial charge is 0.244 e. The second kappa shape index (κ2) is 12.5. The number of amides is 1. The van der Waals surface area contributed by atoms with Gasteiger partial charge in [0.25, 0.3) is 0 Å². The van der Waals surface area contributed by atoms with Crippen LogP contribution in [0.5, 0.6) is 0 Å². The number of nitrogens with two attached hydrogens (primary N) is 1. The first-order chi connectivity index (χ1) is 10.8. The number of hydrogen-bond acceptors (Lipinski definition) is 3. The van der Waals surface area contributed by atoms with Crippen molar-refractivity contribution in [2.45, 2.75) is 52.6 Å². The third kappa shape index (κ3) is 7.95. The molecule has 0 aromatic heterocycles. The minimum atomic E-state index is -1.01. The van der Waals surface area contributed by atoms with E-state index in [1.807, 2.05) is 30.3 Å². The summed E-state index contributed by atoms with van der Waals surface area (Å²) in [6.07, 6.45) is 1.06. The molecule has 1 aromatic carbocycles. The van der Waals surface area contributed by atoms with Crippen LogP contribution >= 0.6 is 24.8 Å². The lowest BCUT2D eigenvalue weighted by atomic mass is 9.92. The summed E-state index contributed by atoms with van der Waals surface area (Å²) in [7, 11) is 0. The van der Waals surface area contributed by atoms with Gasteiger partial charge in [0.1, 0.15) is 5.54 Å². The van der Waals surface area contributed by atoms with Crippen LogP contribution in [0.2, 0.25) is 0 Å². The number of carbonyl (C=O) groups is 1. The molecule has 0 saturated heterocycles. The third-order valence-corrected chi connectivity index (χ3v) is 4.42. The first-order valence-corrected chi connectivity index (χ1v) is 8.69. The second-order valence-corrected chi connectivity index (χ2v) is 6.78. The van der Waals surface area contributed by atoms with Gasteiger partial charge >= 0.3 is 0 Å². The molecular formula is C19H35Cl2N3O. The zero-order valence-corrected chi connectivity index (χ0v) is 17.8. The molecule has 1 amide bonds. The maximum absolute atomic E-state index is 12.6. The predicted octanol–water partition coefficient (Wildman–Crippen LogP) is 3.58. The molecule has 0 fully saturated rings. The average Bonchev–Trinajstić information content (AvgIpc) is 2.53. The minimum Gasteiger partial charge on any atom is -0.353 e. The summed E-state index contributed by atoms with van der Waals surface area (Å²) in [5.74, 6) is 0.473. The van der Waals surface area contributed by atoms with Crippen LogP contribution in [0.1, 0.15) is 46.6 Å². The SMILES string of the molecule is CCN(CC)C(CNC(=O)C(C)(N)c1ccccc1)CC(C)C.Cl.Cl. The van der Waals surface area contributed by atoms with E-state index in [-0.39, 0.29) is 30.7 Å². The highest BCUT2D eigenvalue weighted by molar-refractivity contribution is 5.87. The van der Waals surface area contributed by atoms with Gasteiger partial charge in [-0.25, -0.2) is 0 Å². The second-order valence-electron chi connectivity index (χ2n) is 6.78. The van der Waals surface area contributed by atoms with Crippen LogP contribution in [0.4, 0.5) is 0 Å². The van der Waals surface area contributed by atoms with Gasteiger partial charge in [0.15, 0.2) is 0 Å². The van der Waals surface area contributed by atoms with E-state index in [2.05, 4.69) is 37.9 Å².